The summed E-state index contributed by atoms with van der Waals surface area (Å²) >= 11 is 0. The van der Waals surface area contributed by atoms with E-state index in [0.29, 0.717) is 12.3 Å². The van der Waals surface area contributed by atoms with Crippen LogP contribution in [0.3, 0.4) is 0 Å². The number of aromatic nitrogens is 3. The highest BCUT2D eigenvalue weighted by atomic mass is 16.6. The quantitative estimate of drug-likeness (QED) is 0.0982. The van der Waals surface area contributed by atoms with Crippen molar-refractivity contribution in [2.75, 3.05) is 6.61 Å². The molecule has 0 saturated carbocycles. The Labute approximate surface area is 332 Å². The average Bonchev–Trinajstić information content (AvgIpc) is 3.67. The lowest BCUT2D eigenvalue weighted by Crippen LogP contribution is -2.58. The first-order valence-electron chi connectivity index (χ1n) is 19.0. The Morgan fingerprint density at radius 1 is 0.719 bits per heavy atom. The van der Waals surface area contributed by atoms with Crippen LogP contribution in [0.2, 0.25) is 0 Å². The number of nitrogens with zero attached hydrogens (tertiary/aromatic N) is 3. The number of carbonyl (C=O) groups excluding carboxylic acids is 1. The van der Waals surface area contributed by atoms with Crippen molar-refractivity contribution in [1.29, 1.82) is 0 Å². The van der Waals surface area contributed by atoms with Gasteiger partial charge in [0.05, 0.1) is 51.5 Å². The zero-order chi connectivity index (χ0) is 40.0. The second kappa shape index (κ2) is 20.1. The van der Waals surface area contributed by atoms with Gasteiger partial charge in [-0.2, -0.15) is 0 Å². The Kier molecular flexibility index (Phi) is 14.5. The number of nitrogens with one attached hydrogen (secondary N) is 1. The summed E-state index contributed by atoms with van der Waals surface area (Å²) < 4.78 is 40.4. The zero-order valence-electron chi connectivity index (χ0n) is 32.4. The standard InChI is InChI=1S/C44H50N4O9/c1-44(2,3)57-43(51)46-35(42(49)50)25-48-36(24-45-47-48)38-40(54-28-33-20-12-6-13-21-33)41(55-29-34-22-14-7-15-23-34)39(53-27-32-18-10-5-11-19-32)37(56-38)30-52-26-31-16-8-4-9-17-31/h4-24,35,37-41H,25-30H2,1-3H3,(H,46,51)(H,49,50)/t35-,37+,38-,39-,40-,41-/m0/s1. The minimum absolute atomic E-state index is 0.126. The van der Waals surface area contributed by atoms with Crippen LogP contribution in [0, 0.1) is 0 Å². The summed E-state index contributed by atoms with van der Waals surface area (Å²) in [4.78, 5) is 25.2. The van der Waals surface area contributed by atoms with E-state index in [4.69, 9.17) is 28.4 Å². The molecule has 4 aromatic carbocycles. The number of rotatable bonds is 18. The predicted octanol–water partition coefficient (Wildman–Crippen LogP) is 6.67. The van der Waals surface area contributed by atoms with Crippen LogP contribution in [0.4, 0.5) is 4.79 Å². The highest BCUT2D eigenvalue weighted by Crippen LogP contribution is 2.38. The lowest BCUT2D eigenvalue weighted by Gasteiger charge is -2.46. The van der Waals surface area contributed by atoms with Crippen molar-refractivity contribution in [2.24, 2.45) is 0 Å². The van der Waals surface area contributed by atoms with Crippen LogP contribution in [-0.4, -0.2) is 74.8 Å². The molecule has 0 unspecified atom stereocenters. The maximum atomic E-state index is 12.7. The van der Waals surface area contributed by atoms with E-state index < -0.39 is 54.2 Å². The van der Waals surface area contributed by atoms with Crippen molar-refractivity contribution in [3.05, 3.63) is 155 Å². The fourth-order valence-corrected chi connectivity index (χ4v) is 6.46. The van der Waals surface area contributed by atoms with Crippen molar-refractivity contribution >= 4 is 12.1 Å². The van der Waals surface area contributed by atoms with E-state index in [1.165, 1.54) is 10.9 Å². The van der Waals surface area contributed by atoms with Gasteiger partial charge in [-0.15, -0.1) is 5.10 Å². The molecule has 300 valence electrons. The summed E-state index contributed by atoms with van der Waals surface area (Å²) in [5.74, 6) is -1.28. The van der Waals surface area contributed by atoms with Crippen LogP contribution in [0.15, 0.2) is 128 Å². The van der Waals surface area contributed by atoms with Crippen LogP contribution >= 0.6 is 0 Å². The molecular formula is C44H50N4O9. The number of hydrogen-bond donors (Lipinski definition) is 2. The average molecular weight is 779 g/mol. The molecule has 13 nitrogen and oxygen atoms in total. The van der Waals surface area contributed by atoms with Crippen molar-refractivity contribution < 1.29 is 43.1 Å². The molecule has 0 spiro atoms. The number of alkyl carbamates (subject to hydrolysis) is 1. The van der Waals surface area contributed by atoms with Gasteiger partial charge in [0.15, 0.2) is 0 Å². The van der Waals surface area contributed by atoms with Crippen molar-refractivity contribution in [3.63, 3.8) is 0 Å². The normalized spacial score (nSPS) is 20.1. The van der Waals surface area contributed by atoms with Crippen LogP contribution in [0.5, 0.6) is 0 Å². The number of ether oxygens (including phenoxy) is 6. The van der Waals surface area contributed by atoms with E-state index in [9.17, 15) is 14.7 Å². The molecule has 6 atom stereocenters. The molecule has 5 aromatic rings. The van der Waals surface area contributed by atoms with E-state index in [1.807, 2.05) is 121 Å². The summed E-state index contributed by atoms with van der Waals surface area (Å²) in [6.07, 6.45) is -3.21. The molecule has 13 heteroatoms. The van der Waals surface area contributed by atoms with E-state index in [0.717, 1.165) is 22.3 Å². The molecule has 0 aliphatic carbocycles. The number of benzene rings is 4. The Bertz CT molecular complexity index is 1960. The fraction of sp³-hybridized carbons (Fsp3) is 0.364. The number of hydrogen-bond acceptors (Lipinski definition) is 10. The van der Waals surface area contributed by atoms with Gasteiger partial charge in [-0.25, -0.2) is 14.3 Å². The smallest absolute Gasteiger partial charge is 0.408 e. The molecule has 2 heterocycles. The van der Waals surface area contributed by atoms with Crippen LogP contribution < -0.4 is 5.32 Å². The first kappa shape index (κ1) is 41.2. The van der Waals surface area contributed by atoms with Gasteiger partial charge in [0, 0.05) is 0 Å². The number of carboxylic acids is 1. The van der Waals surface area contributed by atoms with Gasteiger partial charge in [-0.05, 0) is 43.0 Å². The maximum absolute atomic E-state index is 12.7. The van der Waals surface area contributed by atoms with Crippen LogP contribution in [0.25, 0.3) is 0 Å². The molecule has 1 aromatic heterocycles. The fourth-order valence-electron chi connectivity index (χ4n) is 6.46. The van der Waals surface area contributed by atoms with E-state index in [2.05, 4.69) is 15.6 Å². The molecule has 1 saturated heterocycles. The third-order valence-electron chi connectivity index (χ3n) is 9.17. The first-order chi connectivity index (χ1) is 27.6. The van der Waals surface area contributed by atoms with Gasteiger partial charge < -0.3 is 38.8 Å². The highest BCUT2D eigenvalue weighted by molar-refractivity contribution is 5.79. The van der Waals surface area contributed by atoms with Gasteiger partial charge in [0.25, 0.3) is 0 Å². The molecular weight excluding hydrogens is 729 g/mol. The third kappa shape index (κ3) is 12.3. The molecule has 1 amide bonds. The minimum atomic E-state index is -1.41. The van der Waals surface area contributed by atoms with Gasteiger partial charge in [-0.3, -0.25) is 0 Å². The molecule has 2 N–H and O–H groups in total. The molecule has 0 bridgehead atoms. The molecule has 1 fully saturated rings. The number of amides is 1. The summed E-state index contributed by atoms with van der Waals surface area (Å²) in [6.45, 7) is 5.97. The van der Waals surface area contributed by atoms with Gasteiger partial charge in [0.2, 0.25) is 0 Å². The third-order valence-corrected chi connectivity index (χ3v) is 9.17. The Morgan fingerprint density at radius 3 is 1.68 bits per heavy atom. The van der Waals surface area contributed by atoms with Gasteiger partial charge in [-0.1, -0.05) is 127 Å². The van der Waals surface area contributed by atoms with Crippen molar-refractivity contribution in [3.8, 4) is 0 Å². The van der Waals surface area contributed by atoms with Crippen molar-refractivity contribution in [2.45, 2.75) is 95.9 Å². The number of aliphatic carboxylic acids is 1. The van der Waals surface area contributed by atoms with E-state index >= 15 is 0 Å². The monoisotopic (exact) mass is 778 g/mol. The van der Waals surface area contributed by atoms with Gasteiger partial charge >= 0.3 is 12.1 Å². The number of carbonyl (C=O) groups is 2. The Balaban J connectivity index is 1.37. The second-order valence-electron chi connectivity index (χ2n) is 14.8. The summed E-state index contributed by atoms with van der Waals surface area (Å²) in [5.41, 5.74) is 3.40. The summed E-state index contributed by atoms with van der Waals surface area (Å²) in [5, 5.41) is 21.1. The molecule has 1 aliphatic rings. The van der Waals surface area contributed by atoms with Gasteiger partial charge in [0.1, 0.15) is 42.2 Å². The lowest BCUT2D eigenvalue weighted by atomic mass is 9.92. The predicted molar refractivity (Wildman–Crippen MR) is 210 cm³/mol. The largest absolute Gasteiger partial charge is 0.480 e. The number of carboxylic acid groups (broad SMARTS) is 1. The van der Waals surface area contributed by atoms with E-state index in [1.54, 1.807) is 20.8 Å². The maximum Gasteiger partial charge on any atom is 0.408 e. The Hall–Kier alpha value is -5.44. The molecule has 6 rings (SSSR count). The second-order valence-corrected chi connectivity index (χ2v) is 14.8. The molecule has 57 heavy (non-hydrogen) atoms. The molecule has 0 radical (unpaired) electrons. The Morgan fingerprint density at radius 2 is 1.19 bits per heavy atom. The summed E-state index contributed by atoms with van der Waals surface area (Å²) in [7, 11) is 0. The highest BCUT2D eigenvalue weighted by Gasteiger charge is 2.50. The van der Waals surface area contributed by atoms with Crippen molar-refractivity contribution in [1.82, 2.24) is 20.3 Å². The lowest BCUT2D eigenvalue weighted by molar-refractivity contribution is -0.276. The first-order valence-corrected chi connectivity index (χ1v) is 19.0. The zero-order valence-corrected chi connectivity index (χ0v) is 32.4. The van der Waals surface area contributed by atoms with Crippen LogP contribution in [-0.2, 0) is 66.2 Å². The SMILES string of the molecule is CC(C)(C)OC(=O)N[C@@H](Cn1nncc1[C@@H]1O[C@H](COCc2ccccc2)[C@H](OCc2ccccc2)[C@H](OCc2ccccc2)[C@H]1OCc1ccccc1)C(=O)O. The minimum Gasteiger partial charge on any atom is -0.480 e. The topological polar surface area (TPSA) is 152 Å². The molecule has 1 aliphatic heterocycles. The summed E-state index contributed by atoms with van der Waals surface area (Å²) in [6, 6.07) is 37.8. The van der Waals surface area contributed by atoms with Crippen LogP contribution in [0.1, 0.15) is 54.8 Å². The van der Waals surface area contributed by atoms with E-state index in [-0.39, 0.29) is 33.0 Å².